The van der Waals surface area contributed by atoms with Crippen LogP contribution in [0.25, 0.3) is 0 Å². The quantitative estimate of drug-likeness (QED) is 0.650. The first-order chi connectivity index (χ1) is 6.20. The normalized spacial score (nSPS) is 13.6. The molecule has 0 bridgehead atoms. The predicted molar refractivity (Wildman–Crippen MR) is 64.5 cm³/mol. The molecule has 0 aromatic heterocycles. The zero-order valence-electron chi connectivity index (χ0n) is 9.60. The van der Waals surface area contributed by atoms with Crippen LogP contribution in [0.5, 0.6) is 0 Å². The van der Waals surface area contributed by atoms with Gasteiger partial charge in [0.1, 0.15) is 0 Å². The maximum absolute atomic E-state index is 3.55. The second kappa shape index (κ2) is 8.89. The Kier molecular flexibility index (Phi) is 9.10. The van der Waals surface area contributed by atoms with E-state index < -0.39 is 0 Å². The summed E-state index contributed by atoms with van der Waals surface area (Å²) in [4.78, 5) is 0. The van der Waals surface area contributed by atoms with E-state index in [9.17, 15) is 0 Å². The van der Waals surface area contributed by atoms with E-state index in [1.54, 1.807) is 0 Å². The van der Waals surface area contributed by atoms with Gasteiger partial charge in [0.05, 0.1) is 0 Å². The number of nitrogens with one attached hydrogen (secondary N) is 1. The van der Waals surface area contributed by atoms with E-state index in [1.165, 1.54) is 24.3 Å². The summed E-state index contributed by atoms with van der Waals surface area (Å²) in [5.74, 6) is 3.36. The zero-order chi connectivity index (χ0) is 10.1. The molecule has 0 heterocycles. The largest absolute Gasteiger partial charge is 0.313 e. The predicted octanol–water partition coefficient (Wildman–Crippen LogP) is 3.15. The van der Waals surface area contributed by atoms with Crippen molar-refractivity contribution >= 4 is 11.8 Å². The van der Waals surface area contributed by atoms with E-state index in [2.05, 4.69) is 33.0 Å². The lowest BCUT2D eigenvalue weighted by atomic mass is 10.0. The molecule has 1 atom stereocenters. The van der Waals surface area contributed by atoms with E-state index in [4.69, 9.17) is 0 Å². The lowest BCUT2D eigenvalue weighted by Crippen LogP contribution is -2.31. The Balaban J connectivity index is 3.53. The first-order valence-electron chi connectivity index (χ1n) is 5.51. The summed E-state index contributed by atoms with van der Waals surface area (Å²) in [5.41, 5.74) is 0. The van der Waals surface area contributed by atoms with Crippen LogP contribution >= 0.6 is 11.8 Å². The zero-order valence-corrected chi connectivity index (χ0v) is 10.4. The average molecular weight is 203 g/mol. The highest BCUT2D eigenvalue weighted by Crippen LogP contribution is 2.11. The smallest absolute Gasteiger partial charge is 0.0158 e. The molecule has 0 amide bonds. The maximum Gasteiger partial charge on any atom is 0.0158 e. The molecule has 0 rings (SSSR count). The molecule has 0 saturated heterocycles. The number of thioether (sulfide) groups is 1. The standard InChI is InChI=1S/C11H25NS/c1-5-12-11(9-13-6-2)8-7-10(3)4/h10-12H,5-9H2,1-4H3. The van der Waals surface area contributed by atoms with Crippen LogP contribution in [0.15, 0.2) is 0 Å². The fraction of sp³-hybridized carbons (Fsp3) is 1.00. The fourth-order valence-electron chi connectivity index (χ4n) is 1.33. The minimum atomic E-state index is 0.734. The molecule has 0 aliphatic heterocycles. The molecule has 0 aliphatic carbocycles. The van der Waals surface area contributed by atoms with Crippen molar-refractivity contribution in [1.82, 2.24) is 5.32 Å². The molecule has 0 aliphatic rings. The Hall–Kier alpha value is 0.310. The highest BCUT2D eigenvalue weighted by Gasteiger charge is 2.07. The molecule has 1 unspecified atom stereocenters. The van der Waals surface area contributed by atoms with Crippen molar-refractivity contribution in [2.75, 3.05) is 18.1 Å². The van der Waals surface area contributed by atoms with Gasteiger partial charge in [0.25, 0.3) is 0 Å². The maximum atomic E-state index is 3.55. The third-order valence-corrected chi connectivity index (χ3v) is 3.15. The Morgan fingerprint density at radius 2 is 1.85 bits per heavy atom. The first kappa shape index (κ1) is 13.3. The van der Waals surface area contributed by atoms with Gasteiger partial charge >= 0.3 is 0 Å². The van der Waals surface area contributed by atoms with Crippen molar-refractivity contribution in [2.45, 2.75) is 46.6 Å². The lowest BCUT2D eigenvalue weighted by molar-refractivity contribution is 0.464. The summed E-state index contributed by atoms with van der Waals surface area (Å²) in [6, 6.07) is 0.734. The Labute approximate surface area is 88.1 Å². The minimum Gasteiger partial charge on any atom is -0.313 e. The van der Waals surface area contributed by atoms with Gasteiger partial charge in [-0.1, -0.05) is 27.7 Å². The summed E-state index contributed by atoms with van der Waals surface area (Å²) in [5, 5.41) is 3.55. The third kappa shape index (κ3) is 8.63. The van der Waals surface area contributed by atoms with Crippen LogP contribution in [0.2, 0.25) is 0 Å². The molecule has 80 valence electrons. The minimum absolute atomic E-state index is 0.734. The molecule has 0 saturated carbocycles. The van der Waals surface area contributed by atoms with Crippen LogP contribution in [0.4, 0.5) is 0 Å². The summed E-state index contributed by atoms with van der Waals surface area (Å²) in [6.07, 6.45) is 2.68. The highest BCUT2D eigenvalue weighted by molar-refractivity contribution is 7.99. The van der Waals surface area contributed by atoms with Crippen LogP contribution < -0.4 is 5.32 Å². The molecule has 2 heteroatoms. The molecular weight excluding hydrogens is 178 g/mol. The first-order valence-corrected chi connectivity index (χ1v) is 6.67. The second-order valence-corrected chi connectivity index (χ2v) is 5.20. The highest BCUT2D eigenvalue weighted by atomic mass is 32.2. The van der Waals surface area contributed by atoms with Crippen LogP contribution in [0.1, 0.15) is 40.5 Å². The monoisotopic (exact) mass is 203 g/mol. The number of rotatable bonds is 8. The summed E-state index contributed by atoms with van der Waals surface area (Å²) >= 11 is 2.05. The van der Waals surface area contributed by atoms with Gasteiger partial charge in [-0.15, -0.1) is 0 Å². The molecule has 0 aromatic rings. The molecule has 0 spiro atoms. The van der Waals surface area contributed by atoms with Crippen LogP contribution in [0, 0.1) is 5.92 Å². The Morgan fingerprint density at radius 1 is 1.15 bits per heavy atom. The van der Waals surface area contributed by atoms with E-state index in [0.717, 1.165) is 18.5 Å². The molecule has 13 heavy (non-hydrogen) atoms. The van der Waals surface area contributed by atoms with Crippen LogP contribution in [-0.2, 0) is 0 Å². The lowest BCUT2D eigenvalue weighted by Gasteiger charge is -2.18. The fourth-order valence-corrected chi connectivity index (χ4v) is 2.13. The SMILES string of the molecule is CCNC(CCC(C)C)CSCC. The Bertz CT molecular complexity index is 104. The molecule has 1 N–H and O–H groups in total. The van der Waals surface area contributed by atoms with E-state index in [-0.39, 0.29) is 0 Å². The van der Waals surface area contributed by atoms with Crippen molar-refractivity contribution in [1.29, 1.82) is 0 Å². The van der Waals surface area contributed by atoms with Crippen molar-refractivity contribution in [3.8, 4) is 0 Å². The van der Waals surface area contributed by atoms with Crippen molar-refractivity contribution < 1.29 is 0 Å². The number of hydrogen-bond acceptors (Lipinski definition) is 2. The van der Waals surface area contributed by atoms with Gasteiger partial charge in [0.15, 0.2) is 0 Å². The third-order valence-electron chi connectivity index (χ3n) is 2.11. The van der Waals surface area contributed by atoms with Gasteiger partial charge < -0.3 is 5.32 Å². The molecule has 0 fully saturated rings. The summed E-state index contributed by atoms with van der Waals surface area (Å²) < 4.78 is 0. The van der Waals surface area contributed by atoms with Crippen molar-refractivity contribution in [3.05, 3.63) is 0 Å². The van der Waals surface area contributed by atoms with Gasteiger partial charge in [-0.05, 0) is 31.1 Å². The second-order valence-electron chi connectivity index (χ2n) is 3.89. The molecular formula is C11H25NS. The van der Waals surface area contributed by atoms with Gasteiger partial charge in [0, 0.05) is 11.8 Å². The summed E-state index contributed by atoms with van der Waals surface area (Å²) in [6.45, 7) is 10.1. The van der Waals surface area contributed by atoms with Gasteiger partial charge in [-0.25, -0.2) is 0 Å². The number of hydrogen-bond donors (Lipinski definition) is 1. The van der Waals surface area contributed by atoms with E-state index >= 15 is 0 Å². The van der Waals surface area contributed by atoms with E-state index in [1.807, 2.05) is 11.8 Å². The van der Waals surface area contributed by atoms with Crippen LogP contribution in [-0.4, -0.2) is 24.1 Å². The van der Waals surface area contributed by atoms with Gasteiger partial charge in [-0.2, -0.15) is 11.8 Å². The van der Waals surface area contributed by atoms with E-state index in [0.29, 0.717) is 0 Å². The average Bonchev–Trinajstić information content (AvgIpc) is 2.09. The topological polar surface area (TPSA) is 12.0 Å². The Morgan fingerprint density at radius 3 is 2.31 bits per heavy atom. The molecule has 0 aromatic carbocycles. The van der Waals surface area contributed by atoms with Crippen LogP contribution in [0.3, 0.4) is 0 Å². The summed E-state index contributed by atoms with van der Waals surface area (Å²) in [7, 11) is 0. The van der Waals surface area contributed by atoms with Crippen molar-refractivity contribution in [3.63, 3.8) is 0 Å². The van der Waals surface area contributed by atoms with Crippen molar-refractivity contribution in [2.24, 2.45) is 5.92 Å². The van der Waals surface area contributed by atoms with Gasteiger partial charge in [-0.3, -0.25) is 0 Å². The molecule has 0 radical (unpaired) electrons. The molecule has 1 nitrogen and oxygen atoms in total. The van der Waals surface area contributed by atoms with Gasteiger partial charge in [0.2, 0.25) is 0 Å².